The highest BCUT2D eigenvalue weighted by Crippen LogP contribution is 2.15. The standard InChI is InChI=1S/C15H11ClF2N2O/c1-9(12-8-10(17)6-7-14(12)18)19-20-15(21)11-4-2-3-5-13(11)16/h2-8H,1H3,(H,20,21)/b19-9-. The molecule has 0 bridgehead atoms. The molecule has 0 aliphatic rings. The summed E-state index contributed by atoms with van der Waals surface area (Å²) in [7, 11) is 0. The molecule has 0 aromatic heterocycles. The summed E-state index contributed by atoms with van der Waals surface area (Å²) in [6, 6.07) is 9.47. The predicted octanol–water partition coefficient (Wildman–Crippen LogP) is 3.77. The molecular formula is C15H11ClF2N2O. The number of hydrogen-bond acceptors (Lipinski definition) is 2. The first-order valence-electron chi connectivity index (χ1n) is 6.03. The highest BCUT2D eigenvalue weighted by atomic mass is 35.5. The Labute approximate surface area is 125 Å². The minimum atomic E-state index is -0.621. The molecule has 2 rings (SSSR count). The van der Waals surface area contributed by atoms with Crippen molar-refractivity contribution in [1.29, 1.82) is 0 Å². The first-order valence-corrected chi connectivity index (χ1v) is 6.41. The van der Waals surface area contributed by atoms with Crippen molar-refractivity contribution in [2.45, 2.75) is 6.92 Å². The molecule has 0 atom stereocenters. The van der Waals surface area contributed by atoms with Crippen LogP contribution in [0.1, 0.15) is 22.8 Å². The molecule has 1 amide bonds. The van der Waals surface area contributed by atoms with Crippen molar-refractivity contribution in [3.63, 3.8) is 0 Å². The second-order valence-electron chi connectivity index (χ2n) is 4.24. The van der Waals surface area contributed by atoms with Crippen LogP contribution in [0.4, 0.5) is 8.78 Å². The van der Waals surface area contributed by atoms with E-state index in [1.165, 1.54) is 13.0 Å². The summed E-state index contributed by atoms with van der Waals surface area (Å²) < 4.78 is 26.6. The molecule has 0 unspecified atom stereocenters. The smallest absolute Gasteiger partial charge is 0.267 e. The van der Waals surface area contributed by atoms with Crippen LogP contribution in [-0.4, -0.2) is 11.6 Å². The molecule has 0 heterocycles. The van der Waals surface area contributed by atoms with Gasteiger partial charge in [0, 0.05) is 5.56 Å². The molecule has 0 fully saturated rings. The number of hydrogen-bond donors (Lipinski definition) is 1. The monoisotopic (exact) mass is 308 g/mol. The van der Waals surface area contributed by atoms with Gasteiger partial charge in [-0.15, -0.1) is 0 Å². The second kappa shape index (κ2) is 6.45. The summed E-state index contributed by atoms with van der Waals surface area (Å²) in [5, 5.41) is 4.04. The molecule has 6 heteroatoms. The molecule has 21 heavy (non-hydrogen) atoms. The highest BCUT2D eigenvalue weighted by Gasteiger charge is 2.10. The Bertz CT molecular complexity index is 717. The molecule has 1 N–H and O–H groups in total. The minimum absolute atomic E-state index is 0.0190. The van der Waals surface area contributed by atoms with Crippen LogP contribution in [0.15, 0.2) is 47.6 Å². The van der Waals surface area contributed by atoms with E-state index in [-0.39, 0.29) is 21.9 Å². The number of benzene rings is 2. The van der Waals surface area contributed by atoms with E-state index >= 15 is 0 Å². The van der Waals surface area contributed by atoms with Crippen LogP contribution in [0.2, 0.25) is 5.02 Å². The zero-order valence-electron chi connectivity index (χ0n) is 11.0. The number of carbonyl (C=O) groups is 1. The van der Waals surface area contributed by atoms with Gasteiger partial charge in [-0.3, -0.25) is 4.79 Å². The molecule has 0 spiro atoms. The summed E-state index contributed by atoms with van der Waals surface area (Å²) in [5.74, 6) is -1.74. The van der Waals surface area contributed by atoms with Crippen molar-refractivity contribution in [2.24, 2.45) is 5.10 Å². The Morgan fingerprint density at radius 1 is 1.14 bits per heavy atom. The lowest BCUT2D eigenvalue weighted by molar-refractivity contribution is 0.0955. The van der Waals surface area contributed by atoms with Crippen molar-refractivity contribution in [3.05, 3.63) is 70.2 Å². The van der Waals surface area contributed by atoms with E-state index in [0.29, 0.717) is 0 Å². The van der Waals surface area contributed by atoms with E-state index in [2.05, 4.69) is 10.5 Å². The van der Waals surface area contributed by atoms with Crippen molar-refractivity contribution in [1.82, 2.24) is 5.43 Å². The lowest BCUT2D eigenvalue weighted by Gasteiger charge is -2.05. The Hall–Kier alpha value is -2.27. The molecule has 0 radical (unpaired) electrons. The molecule has 0 aliphatic carbocycles. The van der Waals surface area contributed by atoms with Gasteiger partial charge in [-0.2, -0.15) is 5.10 Å². The number of nitrogens with zero attached hydrogens (tertiary/aromatic N) is 1. The van der Waals surface area contributed by atoms with Gasteiger partial charge in [-0.1, -0.05) is 23.7 Å². The average molecular weight is 309 g/mol. The van der Waals surface area contributed by atoms with Crippen LogP contribution in [0.25, 0.3) is 0 Å². The zero-order chi connectivity index (χ0) is 15.4. The molecule has 0 aliphatic heterocycles. The van der Waals surface area contributed by atoms with E-state index < -0.39 is 17.5 Å². The number of nitrogens with one attached hydrogen (secondary N) is 1. The van der Waals surface area contributed by atoms with Crippen LogP contribution in [-0.2, 0) is 0 Å². The normalized spacial score (nSPS) is 11.3. The van der Waals surface area contributed by atoms with Gasteiger partial charge in [-0.05, 0) is 37.3 Å². The van der Waals surface area contributed by atoms with Crippen LogP contribution >= 0.6 is 11.6 Å². The van der Waals surface area contributed by atoms with Crippen molar-refractivity contribution in [2.75, 3.05) is 0 Å². The molecule has 108 valence electrons. The number of hydrazone groups is 1. The van der Waals surface area contributed by atoms with E-state index in [1.54, 1.807) is 18.2 Å². The van der Waals surface area contributed by atoms with Gasteiger partial charge in [0.2, 0.25) is 0 Å². The third kappa shape index (κ3) is 3.64. The van der Waals surface area contributed by atoms with E-state index in [9.17, 15) is 13.6 Å². The van der Waals surface area contributed by atoms with Gasteiger partial charge in [0.1, 0.15) is 11.6 Å². The van der Waals surface area contributed by atoms with Gasteiger partial charge in [0.05, 0.1) is 16.3 Å². The fourth-order valence-corrected chi connectivity index (χ4v) is 1.90. The van der Waals surface area contributed by atoms with E-state index in [0.717, 1.165) is 18.2 Å². The van der Waals surface area contributed by atoms with Gasteiger partial charge in [0.25, 0.3) is 5.91 Å². The molecule has 0 saturated heterocycles. The molecule has 3 nitrogen and oxygen atoms in total. The Morgan fingerprint density at radius 3 is 2.57 bits per heavy atom. The lowest BCUT2D eigenvalue weighted by Crippen LogP contribution is -2.20. The van der Waals surface area contributed by atoms with E-state index in [1.807, 2.05) is 0 Å². The number of amides is 1. The maximum absolute atomic E-state index is 13.6. The van der Waals surface area contributed by atoms with Gasteiger partial charge < -0.3 is 0 Å². The van der Waals surface area contributed by atoms with E-state index in [4.69, 9.17) is 11.6 Å². The minimum Gasteiger partial charge on any atom is -0.267 e. The fraction of sp³-hybridized carbons (Fsp3) is 0.0667. The Kier molecular flexibility index (Phi) is 4.65. The van der Waals surface area contributed by atoms with Crippen molar-refractivity contribution < 1.29 is 13.6 Å². The largest absolute Gasteiger partial charge is 0.272 e. The SMILES string of the molecule is C/C(=N/NC(=O)c1ccccc1Cl)c1cc(F)ccc1F. The number of halogens is 3. The van der Waals surface area contributed by atoms with Crippen LogP contribution in [0.5, 0.6) is 0 Å². The molecule has 2 aromatic carbocycles. The molecule has 0 saturated carbocycles. The highest BCUT2D eigenvalue weighted by molar-refractivity contribution is 6.33. The third-order valence-corrected chi connectivity index (χ3v) is 3.09. The van der Waals surface area contributed by atoms with Crippen LogP contribution < -0.4 is 5.43 Å². The molecule has 2 aromatic rings. The summed E-state index contributed by atoms with van der Waals surface area (Å²) in [6.07, 6.45) is 0. The lowest BCUT2D eigenvalue weighted by atomic mass is 10.1. The maximum Gasteiger partial charge on any atom is 0.272 e. The quantitative estimate of drug-likeness (QED) is 0.680. The summed E-state index contributed by atoms with van der Waals surface area (Å²) in [6.45, 7) is 1.46. The fourth-order valence-electron chi connectivity index (χ4n) is 1.68. The number of rotatable bonds is 3. The second-order valence-corrected chi connectivity index (χ2v) is 4.65. The molecular weight excluding hydrogens is 298 g/mol. The van der Waals surface area contributed by atoms with Gasteiger partial charge >= 0.3 is 0 Å². The van der Waals surface area contributed by atoms with Gasteiger partial charge in [0.15, 0.2) is 0 Å². The summed E-state index contributed by atoms with van der Waals surface area (Å²) >= 11 is 5.88. The van der Waals surface area contributed by atoms with Crippen molar-refractivity contribution >= 4 is 23.2 Å². The number of carbonyl (C=O) groups excluding carboxylic acids is 1. The zero-order valence-corrected chi connectivity index (χ0v) is 11.8. The third-order valence-electron chi connectivity index (χ3n) is 2.76. The van der Waals surface area contributed by atoms with Crippen molar-refractivity contribution in [3.8, 4) is 0 Å². The first-order chi connectivity index (χ1) is 9.99. The predicted molar refractivity (Wildman–Crippen MR) is 77.5 cm³/mol. The topological polar surface area (TPSA) is 41.5 Å². The first kappa shape index (κ1) is 15.1. The average Bonchev–Trinajstić information content (AvgIpc) is 2.47. The van der Waals surface area contributed by atoms with Crippen LogP contribution in [0.3, 0.4) is 0 Å². The maximum atomic E-state index is 13.6. The Balaban J connectivity index is 2.19. The van der Waals surface area contributed by atoms with Gasteiger partial charge in [-0.25, -0.2) is 14.2 Å². The Morgan fingerprint density at radius 2 is 1.86 bits per heavy atom. The van der Waals surface area contributed by atoms with Crippen LogP contribution in [0, 0.1) is 11.6 Å². The summed E-state index contributed by atoms with van der Waals surface area (Å²) in [5.41, 5.74) is 2.63. The summed E-state index contributed by atoms with van der Waals surface area (Å²) in [4.78, 5) is 11.9.